The van der Waals surface area contributed by atoms with Gasteiger partial charge in [-0.1, -0.05) is 12.1 Å². The SMILES string of the molecule is Cc1ccc(CN)cc1OC1CCCC1. The zero-order valence-corrected chi connectivity index (χ0v) is 9.33. The summed E-state index contributed by atoms with van der Waals surface area (Å²) < 4.78 is 5.99. The average Bonchev–Trinajstić information content (AvgIpc) is 2.74. The van der Waals surface area contributed by atoms with Crippen LogP contribution in [0.3, 0.4) is 0 Å². The summed E-state index contributed by atoms with van der Waals surface area (Å²) in [5, 5.41) is 0. The van der Waals surface area contributed by atoms with Crippen LogP contribution in [0.5, 0.6) is 5.75 Å². The van der Waals surface area contributed by atoms with Crippen molar-refractivity contribution in [3.05, 3.63) is 29.3 Å². The molecule has 2 rings (SSSR count). The molecule has 1 aromatic carbocycles. The quantitative estimate of drug-likeness (QED) is 0.823. The van der Waals surface area contributed by atoms with Crippen LogP contribution in [0.2, 0.25) is 0 Å². The van der Waals surface area contributed by atoms with Crippen molar-refractivity contribution in [2.45, 2.75) is 45.3 Å². The van der Waals surface area contributed by atoms with Crippen LogP contribution >= 0.6 is 0 Å². The first-order valence-electron chi connectivity index (χ1n) is 5.76. The molecule has 0 spiro atoms. The van der Waals surface area contributed by atoms with E-state index in [4.69, 9.17) is 10.5 Å². The molecule has 1 aromatic rings. The van der Waals surface area contributed by atoms with E-state index in [-0.39, 0.29) is 0 Å². The van der Waals surface area contributed by atoms with Crippen molar-refractivity contribution in [3.8, 4) is 5.75 Å². The van der Waals surface area contributed by atoms with Gasteiger partial charge in [0.1, 0.15) is 5.75 Å². The van der Waals surface area contributed by atoms with Gasteiger partial charge in [0, 0.05) is 6.54 Å². The molecule has 1 saturated carbocycles. The number of nitrogens with two attached hydrogens (primary N) is 1. The van der Waals surface area contributed by atoms with Crippen LogP contribution in [-0.4, -0.2) is 6.10 Å². The molecule has 0 radical (unpaired) electrons. The van der Waals surface area contributed by atoms with Gasteiger partial charge >= 0.3 is 0 Å². The molecule has 0 aromatic heterocycles. The van der Waals surface area contributed by atoms with Crippen molar-refractivity contribution in [2.75, 3.05) is 0 Å². The Morgan fingerprint density at radius 1 is 1.33 bits per heavy atom. The third-order valence-corrected chi connectivity index (χ3v) is 3.08. The standard InChI is InChI=1S/C13H19NO/c1-10-6-7-11(9-14)8-13(10)15-12-4-2-3-5-12/h6-8,12H,2-5,9,14H2,1H3. The molecule has 82 valence electrons. The Labute approximate surface area is 91.4 Å². The van der Waals surface area contributed by atoms with Gasteiger partial charge in [-0.3, -0.25) is 0 Å². The lowest BCUT2D eigenvalue weighted by Gasteiger charge is -2.15. The van der Waals surface area contributed by atoms with Crippen LogP contribution in [0.15, 0.2) is 18.2 Å². The minimum atomic E-state index is 0.428. The Morgan fingerprint density at radius 3 is 2.73 bits per heavy atom. The molecule has 2 nitrogen and oxygen atoms in total. The largest absolute Gasteiger partial charge is 0.490 e. The van der Waals surface area contributed by atoms with Gasteiger partial charge in [-0.2, -0.15) is 0 Å². The van der Waals surface area contributed by atoms with Gasteiger partial charge in [-0.15, -0.1) is 0 Å². The summed E-state index contributed by atoms with van der Waals surface area (Å²) in [5.41, 5.74) is 7.98. The monoisotopic (exact) mass is 205 g/mol. The summed E-state index contributed by atoms with van der Waals surface area (Å²) >= 11 is 0. The molecule has 2 N–H and O–H groups in total. The molecule has 15 heavy (non-hydrogen) atoms. The summed E-state index contributed by atoms with van der Waals surface area (Å²) in [7, 11) is 0. The highest BCUT2D eigenvalue weighted by atomic mass is 16.5. The summed E-state index contributed by atoms with van der Waals surface area (Å²) in [5.74, 6) is 1.02. The van der Waals surface area contributed by atoms with E-state index >= 15 is 0 Å². The predicted octanol–water partition coefficient (Wildman–Crippen LogP) is 2.78. The molecule has 2 heteroatoms. The van der Waals surface area contributed by atoms with Gasteiger partial charge < -0.3 is 10.5 Å². The number of ether oxygens (including phenoxy) is 1. The second kappa shape index (κ2) is 4.67. The molecule has 0 heterocycles. The van der Waals surface area contributed by atoms with E-state index in [1.54, 1.807) is 0 Å². The van der Waals surface area contributed by atoms with E-state index < -0.39 is 0 Å². The fourth-order valence-corrected chi connectivity index (χ4v) is 2.08. The molecule has 1 aliphatic rings. The normalized spacial score (nSPS) is 16.9. The molecule has 0 saturated heterocycles. The Morgan fingerprint density at radius 2 is 2.07 bits per heavy atom. The highest BCUT2D eigenvalue weighted by molar-refractivity contribution is 5.36. The van der Waals surface area contributed by atoms with E-state index in [0.29, 0.717) is 12.6 Å². The van der Waals surface area contributed by atoms with Gasteiger partial charge in [-0.05, 0) is 49.8 Å². The summed E-state index contributed by atoms with van der Waals surface area (Å²) in [6.07, 6.45) is 5.44. The molecule has 0 bridgehead atoms. The Kier molecular flexibility index (Phi) is 3.27. The van der Waals surface area contributed by atoms with Crippen molar-refractivity contribution in [1.82, 2.24) is 0 Å². The Balaban J connectivity index is 2.11. The molecule has 0 amide bonds. The van der Waals surface area contributed by atoms with Crippen LogP contribution in [0, 0.1) is 6.92 Å². The fourth-order valence-electron chi connectivity index (χ4n) is 2.08. The molecule has 1 aliphatic carbocycles. The Hall–Kier alpha value is -1.02. The summed E-state index contributed by atoms with van der Waals surface area (Å²) in [4.78, 5) is 0. The van der Waals surface area contributed by atoms with Crippen LogP contribution < -0.4 is 10.5 Å². The van der Waals surface area contributed by atoms with E-state index in [1.165, 1.54) is 31.2 Å². The second-order valence-corrected chi connectivity index (χ2v) is 4.33. The highest BCUT2D eigenvalue weighted by Crippen LogP contribution is 2.27. The number of benzene rings is 1. The molecular formula is C13H19NO. The maximum Gasteiger partial charge on any atom is 0.122 e. The lowest BCUT2D eigenvalue weighted by Crippen LogP contribution is -2.12. The van der Waals surface area contributed by atoms with Crippen LogP contribution in [-0.2, 0) is 6.54 Å². The maximum atomic E-state index is 5.99. The zero-order chi connectivity index (χ0) is 10.7. The van der Waals surface area contributed by atoms with Crippen LogP contribution in [0.25, 0.3) is 0 Å². The van der Waals surface area contributed by atoms with Crippen LogP contribution in [0.4, 0.5) is 0 Å². The molecular weight excluding hydrogens is 186 g/mol. The third-order valence-electron chi connectivity index (χ3n) is 3.08. The minimum Gasteiger partial charge on any atom is -0.490 e. The van der Waals surface area contributed by atoms with E-state index in [2.05, 4.69) is 25.1 Å². The predicted molar refractivity (Wildman–Crippen MR) is 62.0 cm³/mol. The number of hydrogen-bond acceptors (Lipinski definition) is 2. The zero-order valence-electron chi connectivity index (χ0n) is 9.33. The Bertz CT molecular complexity index is 329. The van der Waals surface area contributed by atoms with Crippen molar-refractivity contribution < 1.29 is 4.74 Å². The summed E-state index contributed by atoms with van der Waals surface area (Å²) in [6, 6.07) is 6.23. The van der Waals surface area contributed by atoms with E-state index in [0.717, 1.165) is 11.3 Å². The smallest absolute Gasteiger partial charge is 0.122 e. The van der Waals surface area contributed by atoms with Crippen LogP contribution in [0.1, 0.15) is 36.8 Å². The van der Waals surface area contributed by atoms with E-state index in [9.17, 15) is 0 Å². The van der Waals surface area contributed by atoms with Gasteiger partial charge in [-0.25, -0.2) is 0 Å². The maximum absolute atomic E-state index is 5.99. The average molecular weight is 205 g/mol. The van der Waals surface area contributed by atoms with Crippen molar-refractivity contribution in [3.63, 3.8) is 0 Å². The minimum absolute atomic E-state index is 0.428. The second-order valence-electron chi connectivity index (χ2n) is 4.33. The molecule has 0 unspecified atom stereocenters. The first-order chi connectivity index (χ1) is 7.29. The highest BCUT2D eigenvalue weighted by Gasteiger charge is 2.17. The lowest BCUT2D eigenvalue weighted by molar-refractivity contribution is 0.208. The van der Waals surface area contributed by atoms with Crippen molar-refractivity contribution in [1.29, 1.82) is 0 Å². The number of aryl methyl sites for hydroxylation is 1. The summed E-state index contributed by atoms with van der Waals surface area (Å²) in [6.45, 7) is 2.67. The number of hydrogen-bond donors (Lipinski definition) is 1. The topological polar surface area (TPSA) is 35.2 Å². The van der Waals surface area contributed by atoms with Gasteiger partial charge in [0.2, 0.25) is 0 Å². The molecule has 1 fully saturated rings. The molecule has 0 atom stereocenters. The lowest BCUT2D eigenvalue weighted by atomic mass is 10.1. The fraction of sp³-hybridized carbons (Fsp3) is 0.538. The number of rotatable bonds is 3. The van der Waals surface area contributed by atoms with Gasteiger partial charge in [0.25, 0.3) is 0 Å². The van der Waals surface area contributed by atoms with Gasteiger partial charge in [0.15, 0.2) is 0 Å². The first kappa shape index (κ1) is 10.5. The third kappa shape index (κ3) is 2.51. The van der Waals surface area contributed by atoms with E-state index in [1.807, 2.05) is 0 Å². The van der Waals surface area contributed by atoms with Gasteiger partial charge in [0.05, 0.1) is 6.10 Å². The van der Waals surface area contributed by atoms with Crippen molar-refractivity contribution >= 4 is 0 Å². The van der Waals surface area contributed by atoms with Crippen molar-refractivity contribution in [2.24, 2.45) is 5.73 Å². The molecule has 0 aliphatic heterocycles. The first-order valence-corrected chi connectivity index (χ1v) is 5.76.